The molecule has 0 spiro atoms. The normalized spacial score (nSPS) is 15.4. The quantitative estimate of drug-likeness (QED) is 0.922. The van der Waals surface area contributed by atoms with Gasteiger partial charge in [0.1, 0.15) is 17.4 Å². The zero-order valence-corrected chi connectivity index (χ0v) is 13.6. The third kappa shape index (κ3) is 2.99. The van der Waals surface area contributed by atoms with Gasteiger partial charge < -0.3 is 14.6 Å². The molecule has 1 atom stereocenters. The molecular weight excluding hydrogens is 276 g/mol. The summed E-state index contributed by atoms with van der Waals surface area (Å²) in [7, 11) is 1.71. The Kier molecular flexibility index (Phi) is 4.43. The van der Waals surface area contributed by atoms with Crippen LogP contribution in [-0.2, 0) is 19.5 Å². The molecule has 0 saturated carbocycles. The monoisotopic (exact) mass is 300 g/mol. The largest absolute Gasteiger partial charge is 0.496 e. The van der Waals surface area contributed by atoms with E-state index in [0.29, 0.717) is 0 Å². The SMILES string of the molecule is COc1ccc(C)cc1CN[C@H](C)c1nnc2n1CCCC2. The maximum atomic E-state index is 5.44. The summed E-state index contributed by atoms with van der Waals surface area (Å²) in [6.07, 6.45) is 3.49. The average Bonchev–Trinajstić information content (AvgIpc) is 2.97. The van der Waals surface area contributed by atoms with E-state index in [9.17, 15) is 0 Å². The van der Waals surface area contributed by atoms with Gasteiger partial charge in [-0.3, -0.25) is 0 Å². The molecule has 0 unspecified atom stereocenters. The Hall–Kier alpha value is -1.88. The zero-order chi connectivity index (χ0) is 15.5. The number of nitrogens with zero attached hydrogens (tertiary/aromatic N) is 3. The van der Waals surface area contributed by atoms with Crippen molar-refractivity contribution in [3.63, 3.8) is 0 Å². The summed E-state index contributed by atoms with van der Waals surface area (Å²) in [6.45, 7) is 6.04. The fourth-order valence-electron chi connectivity index (χ4n) is 3.05. The average molecular weight is 300 g/mol. The van der Waals surface area contributed by atoms with Crippen LogP contribution in [0.5, 0.6) is 5.75 Å². The molecule has 0 saturated heterocycles. The number of hydrogen-bond acceptors (Lipinski definition) is 4. The lowest BCUT2D eigenvalue weighted by molar-refractivity contribution is 0.404. The Morgan fingerprint density at radius 1 is 1.32 bits per heavy atom. The van der Waals surface area contributed by atoms with E-state index in [1.165, 1.54) is 24.0 Å². The van der Waals surface area contributed by atoms with E-state index in [1.54, 1.807) is 7.11 Å². The van der Waals surface area contributed by atoms with Crippen molar-refractivity contribution in [3.8, 4) is 5.75 Å². The maximum absolute atomic E-state index is 5.44. The van der Waals surface area contributed by atoms with Gasteiger partial charge in [-0.25, -0.2) is 0 Å². The summed E-state index contributed by atoms with van der Waals surface area (Å²) in [4.78, 5) is 0. The minimum Gasteiger partial charge on any atom is -0.496 e. The van der Waals surface area contributed by atoms with Crippen molar-refractivity contribution >= 4 is 0 Å². The second-order valence-electron chi connectivity index (χ2n) is 6.00. The van der Waals surface area contributed by atoms with Crippen LogP contribution < -0.4 is 10.1 Å². The van der Waals surface area contributed by atoms with Gasteiger partial charge in [0.2, 0.25) is 0 Å². The van der Waals surface area contributed by atoms with Gasteiger partial charge in [-0.05, 0) is 32.8 Å². The number of fused-ring (bicyclic) bond motifs is 1. The fourth-order valence-corrected chi connectivity index (χ4v) is 3.05. The number of nitrogens with one attached hydrogen (secondary N) is 1. The molecule has 22 heavy (non-hydrogen) atoms. The number of hydrogen-bond donors (Lipinski definition) is 1. The van der Waals surface area contributed by atoms with Crippen LogP contribution in [0.2, 0.25) is 0 Å². The Morgan fingerprint density at radius 2 is 2.18 bits per heavy atom. The molecule has 0 bridgehead atoms. The molecule has 1 aliphatic rings. The summed E-state index contributed by atoms with van der Waals surface area (Å²) < 4.78 is 7.71. The number of aryl methyl sites for hydroxylation is 2. The highest BCUT2D eigenvalue weighted by molar-refractivity contribution is 5.36. The van der Waals surface area contributed by atoms with Gasteiger partial charge >= 0.3 is 0 Å². The molecule has 0 aliphatic carbocycles. The Balaban J connectivity index is 1.71. The van der Waals surface area contributed by atoms with Crippen molar-refractivity contribution < 1.29 is 4.74 Å². The van der Waals surface area contributed by atoms with Crippen LogP contribution in [0.1, 0.15) is 48.6 Å². The highest BCUT2D eigenvalue weighted by Crippen LogP contribution is 2.22. The molecule has 3 rings (SSSR count). The van der Waals surface area contributed by atoms with E-state index in [4.69, 9.17) is 4.74 Å². The first kappa shape index (κ1) is 15.0. The van der Waals surface area contributed by atoms with Crippen molar-refractivity contribution in [1.82, 2.24) is 20.1 Å². The summed E-state index contributed by atoms with van der Waals surface area (Å²) in [5.41, 5.74) is 2.41. The predicted molar refractivity (Wildman–Crippen MR) is 85.9 cm³/mol. The van der Waals surface area contributed by atoms with E-state index in [1.807, 2.05) is 6.07 Å². The first-order valence-electron chi connectivity index (χ1n) is 7.98. The summed E-state index contributed by atoms with van der Waals surface area (Å²) in [6, 6.07) is 6.43. The van der Waals surface area contributed by atoms with Crippen molar-refractivity contribution in [2.24, 2.45) is 0 Å². The minimum atomic E-state index is 0.171. The molecule has 1 aromatic heterocycles. The topological polar surface area (TPSA) is 52.0 Å². The predicted octanol–water partition coefficient (Wildman–Crippen LogP) is 2.78. The first-order valence-corrected chi connectivity index (χ1v) is 7.98. The van der Waals surface area contributed by atoms with Gasteiger partial charge in [-0.1, -0.05) is 17.7 Å². The minimum absolute atomic E-state index is 0.171. The fraction of sp³-hybridized carbons (Fsp3) is 0.529. The number of aromatic nitrogens is 3. The van der Waals surface area contributed by atoms with Crippen molar-refractivity contribution in [2.45, 2.75) is 52.2 Å². The van der Waals surface area contributed by atoms with Crippen molar-refractivity contribution in [3.05, 3.63) is 41.0 Å². The van der Waals surface area contributed by atoms with Crippen LogP contribution in [0.15, 0.2) is 18.2 Å². The third-order valence-corrected chi connectivity index (χ3v) is 4.31. The van der Waals surface area contributed by atoms with Crippen LogP contribution >= 0.6 is 0 Å². The summed E-state index contributed by atoms with van der Waals surface area (Å²) in [5, 5.41) is 12.3. The van der Waals surface area contributed by atoms with E-state index >= 15 is 0 Å². The van der Waals surface area contributed by atoms with Gasteiger partial charge in [0.25, 0.3) is 0 Å². The van der Waals surface area contributed by atoms with Crippen LogP contribution in [0.4, 0.5) is 0 Å². The molecule has 1 N–H and O–H groups in total. The first-order chi connectivity index (χ1) is 10.7. The van der Waals surface area contributed by atoms with E-state index in [-0.39, 0.29) is 6.04 Å². The highest BCUT2D eigenvalue weighted by Gasteiger charge is 2.19. The maximum Gasteiger partial charge on any atom is 0.149 e. The van der Waals surface area contributed by atoms with Crippen molar-refractivity contribution in [2.75, 3.05) is 7.11 Å². The highest BCUT2D eigenvalue weighted by atomic mass is 16.5. The van der Waals surface area contributed by atoms with E-state index < -0.39 is 0 Å². The molecule has 0 radical (unpaired) electrons. The molecule has 1 aliphatic heterocycles. The molecule has 118 valence electrons. The molecule has 5 nitrogen and oxygen atoms in total. The smallest absolute Gasteiger partial charge is 0.149 e. The number of methoxy groups -OCH3 is 1. The Morgan fingerprint density at radius 3 is 3.00 bits per heavy atom. The lowest BCUT2D eigenvalue weighted by atomic mass is 10.1. The van der Waals surface area contributed by atoms with Crippen LogP contribution in [0.25, 0.3) is 0 Å². The number of ether oxygens (including phenoxy) is 1. The number of benzene rings is 1. The summed E-state index contributed by atoms with van der Waals surface area (Å²) in [5.74, 6) is 3.10. The molecule has 0 fully saturated rings. The molecule has 2 heterocycles. The second kappa shape index (κ2) is 6.48. The molecule has 0 amide bonds. The van der Waals surface area contributed by atoms with Crippen LogP contribution in [-0.4, -0.2) is 21.9 Å². The summed E-state index contributed by atoms with van der Waals surface area (Å²) >= 11 is 0. The third-order valence-electron chi connectivity index (χ3n) is 4.31. The Labute approximate surface area is 131 Å². The van der Waals surface area contributed by atoms with Crippen molar-refractivity contribution in [1.29, 1.82) is 0 Å². The van der Waals surface area contributed by atoms with Crippen LogP contribution in [0, 0.1) is 6.92 Å². The molecule has 5 heteroatoms. The standard InChI is InChI=1S/C17H24N4O/c1-12-7-8-15(22-3)14(10-12)11-18-13(2)17-20-19-16-6-4-5-9-21(16)17/h7-8,10,13,18H,4-6,9,11H2,1-3H3/t13-/m1/s1. The second-order valence-corrected chi connectivity index (χ2v) is 6.00. The number of rotatable bonds is 5. The molecule has 2 aromatic rings. The van der Waals surface area contributed by atoms with E-state index in [0.717, 1.165) is 36.9 Å². The van der Waals surface area contributed by atoms with Gasteiger partial charge in [-0.15, -0.1) is 10.2 Å². The molecular formula is C17H24N4O. The van der Waals surface area contributed by atoms with Crippen LogP contribution in [0.3, 0.4) is 0 Å². The Bertz CT molecular complexity index is 650. The zero-order valence-electron chi connectivity index (χ0n) is 13.6. The lowest BCUT2D eigenvalue weighted by Gasteiger charge is -2.19. The van der Waals surface area contributed by atoms with Gasteiger partial charge in [-0.2, -0.15) is 0 Å². The lowest BCUT2D eigenvalue weighted by Crippen LogP contribution is -2.23. The molecule has 1 aromatic carbocycles. The van der Waals surface area contributed by atoms with Gasteiger partial charge in [0.15, 0.2) is 0 Å². The van der Waals surface area contributed by atoms with Gasteiger partial charge in [0, 0.05) is 25.1 Å². The van der Waals surface area contributed by atoms with E-state index in [2.05, 4.69) is 46.1 Å². The van der Waals surface area contributed by atoms with Gasteiger partial charge in [0.05, 0.1) is 13.2 Å².